The van der Waals surface area contributed by atoms with Gasteiger partial charge in [0.25, 0.3) is 0 Å². The van der Waals surface area contributed by atoms with E-state index in [9.17, 15) is 0 Å². The Labute approximate surface area is 115 Å². The Bertz CT molecular complexity index is 351. The van der Waals surface area contributed by atoms with Crippen molar-refractivity contribution in [1.82, 2.24) is 14.9 Å². The summed E-state index contributed by atoms with van der Waals surface area (Å²) in [5.41, 5.74) is 1.38. The lowest BCUT2D eigenvalue weighted by Crippen LogP contribution is -2.35. The Kier molecular flexibility index (Phi) is 5.57. The summed E-state index contributed by atoms with van der Waals surface area (Å²) in [4.78, 5) is 4.34. The summed E-state index contributed by atoms with van der Waals surface area (Å²) >= 11 is 2.02. The van der Waals surface area contributed by atoms with E-state index >= 15 is 0 Å². The molecular formula is C14H25N3S. The number of aryl methyl sites for hydroxylation is 1. The average molecular weight is 267 g/mol. The lowest BCUT2D eigenvalue weighted by molar-refractivity contribution is 0.329. The van der Waals surface area contributed by atoms with Gasteiger partial charge in [-0.25, -0.2) is 4.98 Å². The number of piperidine rings is 1. The van der Waals surface area contributed by atoms with Gasteiger partial charge in [0.2, 0.25) is 0 Å². The number of hydrogen-bond donors (Lipinski definition) is 1. The topological polar surface area (TPSA) is 29.9 Å². The molecule has 1 saturated heterocycles. The van der Waals surface area contributed by atoms with E-state index in [4.69, 9.17) is 0 Å². The SMILES string of the molecule is CCSCCCn1cncc1C1CCCC(C)N1. The van der Waals surface area contributed by atoms with Gasteiger partial charge in [0.05, 0.1) is 12.0 Å². The molecule has 1 aromatic rings. The van der Waals surface area contributed by atoms with Gasteiger partial charge in [0.1, 0.15) is 0 Å². The second-order valence-electron chi connectivity index (χ2n) is 5.11. The summed E-state index contributed by atoms with van der Waals surface area (Å²) in [6, 6.07) is 1.15. The number of hydrogen-bond acceptors (Lipinski definition) is 3. The highest BCUT2D eigenvalue weighted by molar-refractivity contribution is 7.99. The lowest BCUT2D eigenvalue weighted by Gasteiger charge is -2.29. The van der Waals surface area contributed by atoms with Gasteiger partial charge in [0, 0.05) is 24.8 Å². The molecule has 0 saturated carbocycles. The zero-order valence-electron chi connectivity index (χ0n) is 11.6. The molecule has 1 aliphatic rings. The maximum absolute atomic E-state index is 4.34. The molecule has 3 nitrogen and oxygen atoms in total. The first-order valence-electron chi connectivity index (χ1n) is 7.15. The van der Waals surface area contributed by atoms with E-state index in [0.29, 0.717) is 12.1 Å². The van der Waals surface area contributed by atoms with Gasteiger partial charge in [-0.1, -0.05) is 6.92 Å². The number of aromatic nitrogens is 2. The summed E-state index contributed by atoms with van der Waals surface area (Å²) in [7, 11) is 0. The summed E-state index contributed by atoms with van der Waals surface area (Å²) in [6.07, 6.45) is 9.16. The Balaban J connectivity index is 1.90. The van der Waals surface area contributed by atoms with Gasteiger partial charge in [-0.15, -0.1) is 0 Å². The average Bonchev–Trinajstić information content (AvgIpc) is 2.83. The largest absolute Gasteiger partial charge is 0.333 e. The summed E-state index contributed by atoms with van der Waals surface area (Å²) in [6.45, 7) is 5.61. The molecule has 0 amide bonds. The molecule has 1 fully saturated rings. The monoisotopic (exact) mass is 267 g/mol. The van der Waals surface area contributed by atoms with Crippen molar-refractivity contribution in [1.29, 1.82) is 0 Å². The molecule has 102 valence electrons. The third-order valence-electron chi connectivity index (χ3n) is 3.61. The number of rotatable bonds is 6. The second-order valence-corrected chi connectivity index (χ2v) is 6.51. The van der Waals surface area contributed by atoms with Crippen LogP contribution in [0.25, 0.3) is 0 Å². The number of imidazole rings is 1. The first-order valence-corrected chi connectivity index (χ1v) is 8.30. The third-order valence-corrected chi connectivity index (χ3v) is 4.59. The first kappa shape index (κ1) is 13.9. The van der Waals surface area contributed by atoms with Crippen LogP contribution in [-0.4, -0.2) is 27.1 Å². The van der Waals surface area contributed by atoms with Crippen molar-refractivity contribution in [2.45, 2.75) is 58.2 Å². The number of nitrogens with one attached hydrogen (secondary N) is 1. The fourth-order valence-electron chi connectivity index (χ4n) is 2.66. The smallest absolute Gasteiger partial charge is 0.0948 e. The highest BCUT2D eigenvalue weighted by Gasteiger charge is 2.21. The Morgan fingerprint density at radius 3 is 3.17 bits per heavy atom. The van der Waals surface area contributed by atoms with E-state index in [0.717, 1.165) is 6.54 Å². The molecule has 0 aromatic carbocycles. The predicted octanol–water partition coefficient (Wildman–Crippen LogP) is 3.23. The van der Waals surface area contributed by atoms with Crippen molar-refractivity contribution in [3.05, 3.63) is 18.2 Å². The quantitative estimate of drug-likeness (QED) is 0.803. The highest BCUT2D eigenvalue weighted by atomic mass is 32.2. The Hall–Kier alpha value is -0.480. The van der Waals surface area contributed by atoms with Crippen molar-refractivity contribution in [3.8, 4) is 0 Å². The van der Waals surface area contributed by atoms with Crippen LogP contribution in [-0.2, 0) is 6.54 Å². The van der Waals surface area contributed by atoms with Crippen LogP contribution in [0.3, 0.4) is 0 Å². The van der Waals surface area contributed by atoms with Gasteiger partial charge < -0.3 is 9.88 Å². The van der Waals surface area contributed by atoms with Crippen molar-refractivity contribution in [2.75, 3.05) is 11.5 Å². The van der Waals surface area contributed by atoms with E-state index in [1.54, 1.807) is 0 Å². The molecule has 2 rings (SSSR count). The van der Waals surface area contributed by atoms with E-state index in [2.05, 4.69) is 28.7 Å². The van der Waals surface area contributed by atoms with Crippen molar-refractivity contribution >= 4 is 11.8 Å². The van der Waals surface area contributed by atoms with Crippen LogP contribution in [0.5, 0.6) is 0 Å². The van der Waals surface area contributed by atoms with Crippen LogP contribution in [0.4, 0.5) is 0 Å². The fourth-order valence-corrected chi connectivity index (χ4v) is 3.28. The zero-order chi connectivity index (χ0) is 12.8. The van der Waals surface area contributed by atoms with Gasteiger partial charge in [0.15, 0.2) is 0 Å². The number of thioether (sulfide) groups is 1. The molecule has 0 spiro atoms. The lowest BCUT2D eigenvalue weighted by atomic mass is 9.97. The molecule has 0 aliphatic carbocycles. The van der Waals surface area contributed by atoms with Crippen LogP contribution < -0.4 is 5.32 Å². The van der Waals surface area contributed by atoms with Crippen molar-refractivity contribution in [3.63, 3.8) is 0 Å². The van der Waals surface area contributed by atoms with Crippen LogP contribution in [0.1, 0.15) is 51.3 Å². The van der Waals surface area contributed by atoms with Crippen LogP contribution in [0.2, 0.25) is 0 Å². The van der Waals surface area contributed by atoms with Crippen LogP contribution in [0, 0.1) is 0 Å². The molecule has 1 N–H and O–H groups in total. The first-order chi connectivity index (χ1) is 8.81. The fraction of sp³-hybridized carbons (Fsp3) is 0.786. The Morgan fingerprint density at radius 2 is 2.39 bits per heavy atom. The summed E-state index contributed by atoms with van der Waals surface area (Å²) in [5.74, 6) is 2.47. The second kappa shape index (κ2) is 7.19. The van der Waals surface area contributed by atoms with Crippen LogP contribution >= 0.6 is 11.8 Å². The molecule has 2 atom stereocenters. The van der Waals surface area contributed by atoms with Crippen molar-refractivity contribution in [2.24, 2.45) is 0 Å². The molecule has 2 unspecified atom stereocenters. The molecular weight excluding hydrogens is 242 g/mol. The van der Waals surface area contributed by atoms with Gasteiger partial charge >= 0.3 is 0 Å². The minimum Gasteiger partial charge on any atom is -0.333 e. The molecule has 0 bridgehead atoms. The Morgan fingerprint density at radius 1 is 1.50 bits per heavy atom. The number of nitrogens with zero attached hydrogens (tertiary/aromatic N) is 2. The molecule has 1 aliphatic heterocycles. The summed E-state index contributed by atoms with van der Waals surface area (Å²) in [5, 5.41) is 3.69. The standard InChI is InChI=1S/C14H25N3S/c1-3-18-9-5-8-17-11-15-10-14(17)13-7-4-6-12(2)16-13/h10-13,16H,3-9H2,1-2H3. The molecule has 2 heterocycles. The van der Waals surface area contributed by atoms with Crippen molar-refractivity contribution < 1.29 is 0 Å². The predicted molar refractivity (Wildman–Crippen MR) is 79.0 cm³/mol. The minimum atomic E-state index is 0.509. The summed E-state index contributed by atoms with van der Waals surface area (Å²) < 4.78 is 2.34. The molecule has 1 aromatic heterocycles. The molecule has 0 radical (unpaired) electrons. The highest BCUT2D eigenvalue weighted by Crippen LogP contribution is 2.25. The van der Waals surface area contributed by atoms with E-state index < -0.39 is 0 Å². The van der Waals surface area contributed by atoms with Crippen LogP contribution in [0.15, 0.2) is 12.5 Å². The van der Waals surface area contributed by atoms with Gasteiger partial charge in [-0.2, -0.15) is 11.8 Å². The maximum Gasteiger partial charge on any atom is 0.0948 e. The van der Waals surface area contributed by atoms with Gasteiger partial charge in [-0.05, 0) is 44.1 Å². The molecule has 18 heavy (non-hydrogen) atoms. The van der Waals surface area contributed by atoms with Gasteiger partial charge in [-0.3, -0.25) is 0 Å². The normalized spacial score (nSPS) is 24.3. The van der Waals surface area contributed by atoms with E-state index in [-0.39, 0.29) is 0 Å². The molecule has 4 heteroatoms. The maximum atomic E-state index is 4.34. The minimum absolute atomic E-state index is 0.509. The third kappa shape index (κ3) is 3.75. The van der Waals surface area contributed by atoms with E-state index in [1.165, 1.54) is 42.9 Å². The van der Waals surface area contributed by atoms with E-state index in [1.807, 2.05) is 24.3 Å². The zero-order valence-corrected chi connectivity index (χ0v) is 12.4.